The van der Waals surface area contributed by atoms with E-state index in [-0.39, 0.29) is 12.0 Å². The molecule has 1 N–H and O–H groups in total. The highest BCUT2D eigenvalue weighted by atomic mass is 79.9. The van der Waals surface area contributed by atoms with Gasteiger partial charge in [0, 0.05) is 23.1 Å². The summed E-state index contributed by atoms with van der Waals surface area (Å²) in [6.45, 7) is 3.00. The second kappa shape index (κ2) is 4.91. The van der Waals surface area contributed by atoms with Crippen molar-refractivity contribution in [3.8, 4) is 0 Å². The Morgan fingerprint density at radius 2 is 2.26 bits per heavy atom. The van der Waals surface area contributed by atoms with Crippen molar-refractivity contribution in [2.75, 3.05) is 0 Å². The number of nitrogens with zero attached hydrogens (tertiary/aromatic N) is 1. The molecule has 0 radical (unpaired) electrons. The third-order valence-electron chi connectivity index (χ3n) is 4.73. The molecule has 3 unspecified atom stereocenters. The highest BCUT2D eigenvalue weighted by Gasteiger charge is 2.48. The lowest BCUT2D eigenvalue weighted by molar-refractivity contribution is -0.142. The van der Waals surface area contributed by atoms with E-state index in [0.717, 1.165) is 30.3 Å². The van der Waals surface area contributed by atoms with Crippen molar-refractivity contribution in [3.63, 3.8) is 0 Å². The van der Waals surface area contributed by atoms with Gasteiger partial charge in [0.05, 0.1) is 5.92 Å². The van der Waals surface area contributed by atoms with Gasteiger partial charge in [-0.25, -0.2) is 0 Å². The lowest BCUT2D eigenvalue weighted by atomic mass is 9.89. The summed E-state index contributed by atoms with van der Waals surface area (Å²) < 4.78 is 1.13. The van der Waals surface area contributed by atoms with Gasteiger partial charge in [-0.2, -0.15) is 0 Å². The highest BCUT2D eigenvalue weighted by Crippen LogP contribution is 2.43. The van der Waals surface area contributed by atoms with Crippen LogP contribution in [-0.4, -0.2) is 28.1 Å². The molecule has 0 aliphatic carbocycles. The summed E-state index contributed by atoms with van der Waals surface area (Å²) in [5, 5.41) is 9.28. The number of hydrogen-bond donors (Lipinski definition) is 1. The highest BCUT2D eigenvalue weighted by molar-refractivity contribution is 9.10. The van der Waals surface area contributed by atoms with Crippen LogP contribution in [0, 0.1) is 12.8 Å². The summed E-state index contributed by atoms with van der Waals surface area (Å²) in [6.07, 6.45) is 3.02. The van der Waals surface area contributed by atoms with Gasteiger partial charge in [0.25, 0.3) is 0 Å². The molecule has 4 heteroatoms. The minimum Gasteiger partial charge on any atom is -0.481 e. The van der Waals surface area contributed by atoms with Crippen molar-refractivity contribution in [1.29, 1.82) is 0 Å². The molecule has 102 valence electrons. The van der Waals surface area contributed by atoms with Crippen molar-refractivity contribution in [2.45, 2.75) is 44.8 Å². The molecule has 2 aliphatic heterocycles. The Morgan fingerprint density at radius 3 is 2.95 bits per heavy atom. The number of carbonyl (C=O) groups is 1. The Bertz CT molecular complexity index is 517. The van der Waals surface area contributed by atoms with Gasteiger partial charge in [0.15, 0.2) is 0 Å². The van der Waals surface area contributed by atoms with Gasteiger partial charge in [0.1, 0.15) is 0 Å². The number of halogens is 1. The van der Waals surface area contributed by atoms with Gasteiger partial charge >= 0.3 is 5.97 Å². The van der Waals surface area contributed by atoms with Crippen LogP contribution >= 0.6 is 15.9 Å². The van der Waals surface area contributed by atoms with E-state index in [4.69, 9.17) is 0 Å². The molecular formula is C15H18BrNO2. The number of benzene rings is 1. The van der Waals surface area contributed by atoms with Gasteiger partial charge in [0.2, 0.25) is 0 Å². The molecule has 1 aromatic carbocycles. The van der Waals surface area contributed by atoms with Crippen molar-refractivity contribution >= 4 is 21.9 Å². The molecule has 2 aliphatic rings. The minimum atomic E-state index is -0.622. The number of aliphatic carboxylic acids is 1. The molecule has 2 bridgehead atoms. The molecule has 3 atom stereocenters. The second-order valence-corrected chi connectivity index (χ2v) is 6.53. The Kier molecular flexibility index (Phi) is 3.39. The average molecular weight is 324 g/mol. The van der Waals surface area contributed by atoms with Crippen LogP contribution in [0.15, 0.2) is 22.7 Å². The SMILES string of the molecule is Cc1c(Br)cccc1CN1C2CCC1C(C(=O)O)C2. The van der Waals surface area contributed by atoms with E-state index in [2.05, 4.69) is 46.0 Å². The monoisotopic (exact) mass is 323 g/mol. The first-order valence-electron chi connectivity index (χ1n) is 6.80. The molecule has 19 heavy (non-hydrogen) atoms. The summed E-state index contributed by atoms with van der Waals surface area (Å²) >= 11 is 3.56. The number of rotatable bonds is 3. The van der Waals surface area contributed by atoms with E-state index < -0.39 is 5.97 Å². The standard InChI is InChI=1S/C15H18BrNO2/c1-9-10(3-2-4-13(9)16)8-17-11-5-6-14(17)12(7-11)15(18)19/h2-4,11-12,14H,5-8H2,1H3,(H,18,19). The summed E-state index contributed by atoms with van der Waals surface area (Å²) in [4.78, 5) is 13.7. The summed E-state index contributed by atoms with van der Waals surface area (Å²) in [6, 6.07) is 6.95. The number of hydrogen-bond acceptors (Lipinski definition) is 2. The van der Waals surface area contributed by atoms with Crippen LogP contribution in [0.3, 0.4) is 0 Å². The summed E-state index contributed by atoms with van der Waals surface area (Å²) in [5.74, 6) is -0.783. The molecule has 3 rings (SSSR count). The van der Waals surface area contributed by atoms with Crippen LogP contribution in [-0.2, 0) is 11.3 Å². The first-order chi connectivity index (χ1) is 9.08. The van der Waals surface area contributed by atoms with Crippen LogP contribution in [0.1, 0.15) is 30.4 Å². The van der Waals surface area contributed by atoms with Crippen LogP contribution in [0.5, 0.6) is 0 Å². The van der Waals surface area contributed by atoms with E-state index in [1.165, 1.54) is 11.1 Å². The molecule has 0 saturated carbocycles. The smallest absolute Gasteiger partial charge is 0.308 e. The normalized spacial score (nSPS) is 29.9. The number of carboxylic acid groups (broad SMARTS) is 1. The predicted octanol–water partition coefficient (Wildman–Crippen LogP) is 3.20. The third kappa shape index (κ3) is 2.21. The third-order valence-corrected chi connectivity index (χ3v) is 5.59. The Hall–Kier alpha value is -0.870. The molecule has 0 aromatic heterocycles. The van der Waals surface area contributed by atoms with E-state index in [1.807, 2.05) is 0 Å². The van der Waals surface area contributed by atoms with Crippen LogP contribution in [0.2, 0.25) is 0 Å². The lowest BCUT2D eigenvalue weighted by Crippen LogP contribution is -2.32. The van der Waals surface area contributed by atoms with Crippen LogP contribution in [0.4, 0.5) is 0 Å². The van der Waals surface area contributed by atoms with Gasteiger partial charge in [-0.15, -0.1) is 0 Å². The largest absolute Gasteiger partial charge is 0.481 e. The maximum absolute atomic E-state index is 11.3. The fourth-order valence-electron chi connectivity index (χ4n) is 3.63. The van der Waals surface area contributed by atoms with Gasteiger partial charge in [-0.05, 0) is 43.4 Å². The Morgan fingerprint density at radius 1 is 1.47 bits per heavy atom. The predicted molar refractivity (Wildman–Crippen MR) is 77.0 cm³/mol. The molecule has 0 spiro atoms. The van der Waals surface area contributed by atoms with Crippen LogP contribution < -0.4 is 0 Å². The Balaban J connectivity index is 1.81. The fourth-order valence-corrected chi connectivity index (χ4v) is 4.04. The van der Waals surface area contributed by atoms with Crippen LogP contribution in [0.25, 0.3) is 0 Å². The van der Waals surface area contributed by atoms with Crippen molar-refractivity contribution in [2.24, 2.45) is 5.92 Å². The van der Waals surface area contributed by atoms with Crippen molar-refractivity contribution in [3.05, 3.63) is 33.8 Å². The molecule has 1 aromatic rings. The topological polar surface area (TPSA) is 40.5 Å². The van der Waals surface area contributed by atoms with Gasteiger partial charge < -0.3 is 5.11 Å². The second-order valence-electron chi connectivity index (χ2n) is 5.68. The zero-order valence-corrected chi connectivity index (χ0v) is 12.6. The molecule has 2 fully saturated rings. The van der Waals surface area contributed by atoms with E-state index in [0.29, 0.717) is 6.04 Å². The summed E-state index contributed by atoms with van der Waals surface area (Å²) in [7, 11) is 0. The maximum atomic E-state index is 11.3. The molecule has 3 nitrogen and oxygen atoms in total. The molecule has 2 saturated heterocycles. The first kappa shape index (κ1) is 13.1. The summed E-state index contributed by atoms with van der Waals surface area (Å²) in [5.41, 5.74) is 2.57. The molecule has 0 amide bonds. The Labute approximate surface area is 121 Å². The minimum absolute atomic E-state index is 0.161. The molecule has 2 heterocycles. The van der Waals surface area contributed by atoms with Crippen molar-refractivity contribution < 1.29 is 9.90 Å². The first-order valence-corrected chi connectivity index (χ1v) is 7.59. The van der Waals surface area contributed by atoms with Crippen molar-refractivity contribution in [1.82, 2.24) is 4.90 Å². The fraction of sp³-hybridized carbons (Fsp3) is 0.533. The zero-order chi connectivity index (χ0) is 13.6. The van der Waals surface area contributed by atoms with Gasteiger partial charge in [-0.3, -0.25) is 9.69 Å². The van der Waals surface area contributed by atoms with Gasteiger partial charge in [-0.1, -0.05) is 28.1 Å². The lowest BCUT2D eigenvalue weighted by Gasteiger charge is -2.23. The number of fused-ring (bicyclic) bond motifs is 2. The molecular weight excluding hydrogens is 306 g/mol. The number of carboxylic acids is 1. The average Bonchev–Trinajstić information content (AvgIpc) is 2.92. The quantitative estimate of drug-likeness (QED) is 0.928. The zero-order valence-electron chi connectivity index (χ0n) is 11.0. The van der Waals surface area contributed by atoms with E-state index >= 15 is 0 Å². The van der Waals surface area contributed by atoms with E-state index in [9.17, 15) is 9.90 Å². The maximum Gasteiger partial charge on any atom is 0.308 e. The van der Waals surface area contributed by atoms with E-state index in [1.54, 1.807) is 0 Å².